The van der Waals surface area contributed by atoms with E-state index >= 15 is 0 Å². The van der Waals surface area contributed by atoms with Gasteiger partial charge in [0.25, 0.3) is 0 Å². The number of carbonyl (C=O) groups excluding carboxylic acids is 3. The zero-order valence-corrected chi connectivity index (χ0v) is 47.3. The van der Waals surface area contributed by atoms with Gasteiger partial charge < -0.3 is 14.2 Å². The second-order valence-electron chi connectivity index (χ2n) is 18.8. The van der Waals surface area contributed by atoms with Crippen LogP contribution in [0, 0.1) is 0 Å². The second-order valence-corrected chi connectivity index (χ2v) is 18.8. The van der Waals surface area contributed by atoms with Crippen LogP contribution in [0.1, 0.15) is 233 Å². The van der Waals surface area contributed by atoms with Gasteiger partial charge in [0, 0.05) is 19.3 Å². The highest BCUT2D eigenvalue weighted by Crippen LogP contribution is 2.12. The van der Waals surface area contributed by atoms with Crippen LogP contribution in [0.5, 0.6) is 0 Å². The van der Waals surface area contributed by atoms with Crippen LogP contribution < -0.4 is 0 Å². The van der Waals surface area contributed by atoms with Crippen molar-refractivity contribution in [2.75, 3.05) is 13.2 Å². The molecule has 0 aliphatic rings. The molecular weight excluding hydrogens is 913 g/mol. The number of unbranched alkanes of at least 4 members (excludes halogenated alkanes) is 14. The van der Waals surface area contributed by atoms with Gasteiger partial charge in [-0.25, -0.2) is 0 Å². The molecule has 0 rings (SSSR count). The predicted octanol–water partition coefficient (Wildman–Crippen LogP) is 20.1. The maximum atomic E-state index is 12.8. The van der Waals surface area contributed by atoms with Crippen molar-refractivity contribution in [3.05, 3.63) is 158 Å². The first-order valence-electron chi connectivity index (χ1n) is 29.5. The van der Waals surface area contributed by atoms with Gasteiger partial charge in [-0.05, 0) is 135 Å². The average molecular weight is 1020 g/mol. The fourth-order valence-corrected chi connectivity index (χ4v) is 7.41. The molecular formula is C68H106O6. The van der Waals surface area contributed by atoms with Crippen LogP contribution in [0.2, 0.25) is 0 Å². The van der Waals surface area contributed by atoms with Crippen molar-refractivity contribution in [3.8, 4) is 0 Å². The molecule has 74 heavy (non-hydrogen) atoms. The number of esters is 3. The summed E-state index contributed by atoms with van der Waals surface area (Å²) in [5.41, 5.74) is 0. The Morgan fingerprint density at radius 1 is 0.284 bits per heavy atom. The molecule has 0 N–H and O–H groups in total. The Labute approximate surface area is 454 Å². The van der Waals surface area contributed by atoms with Crippen LogP contribution in [0.15, 0.2) is 158 Å². The van der Waals surface area contributed by atoms with Crippen molar-refractivity contribution in [3.63, 3.8) is 0 Å². The van der Waals surface area contributed by atoms with Crippen LogP contribution in [-0.2, 0) is 28.6 Å². The molecule has 0 aliphatic carbocycles. The third kappa shape index (κ3) is 57.9. The molecule has 0 saturated heterocycles. The number of rotatable bonds is 51. The van der Waals surface area contributed by atoms with Crippen molar-refractivity contribution in [1.82, 2.24) is 0 Å². The summed E-state index contributed by atoms with van der Waals surface area (Å²) in [5, 5.41) is 0. The highest BCUT2D eigenvalue weighted by Gasteiger charge is 2.19. The molecule has 0 fully saturated rings. The predicted molar refractivity (Wildman–Crippen MR) is 320 cm³/mol. The standard InChI is InChI=1S/C68H106O6/c1-4-7-10-13-16-19-22-25-28-31-33-34-36-37-40-43-46-49-52-55-58-61-67(70)73-64-65(63-72-66(69)60-57-54-51-48-45-42-39-30-27-24-21-18-15-12-9-6-3)74-68(71)62-59-56-53-50-47-44-41-38-35-32-29-26-23-20-17-14-11-8-5-2/h7-8,10-11,16-17,19-20,25-26,28-30,33-35,37-40,44,46-47,49,53,56,65H,4-6,9,12-15,18,21-24,27,31-32,36,41-43,45,48,50-52,54-55,57-64H2,1-3H3/b10-7-,11-8-,19-16-,20-17-,28-25-,29-26-,34-33-,38-35-,39-30-,40-37-,47-44-,49-46-,56-53-. The Morgan fingerprint density at radius 2 is 0.554 bits per heavy atom. The van der Waals surface area contributed by atoms with E-state index in [0.717, 1.165) is 122 Å². The van der Waals surface area contributed by atoms with E-state index in [1.807, 2.05) is 12.2 Å². The molecule has 414 valence electrons. The first kappa shape index (κ1) is 69.0. The summed E-state index contributed by atoms with van der Waals surface area (Å²) in [5.74, 6) is -1.08. The van der Waals surface area contributed by atoms with Gasteiger partial charge >= 0.3 is 17.9 Å². The molecule has 1 atom stereocenters. The Kier molecular flexibility index (Phi) is 56.5. The number of hydrogen-bond acceptors (Lipinski definition) is 6. The van der Waals surface area contributed by atoms with Gasteiger partial charge in [0.2, 0.25) is 0 Å². The van der Waals surface area contributed by atoms with E-state index in [9.17, 15) is 14.4 Å². The summed E-state index contributed by atoms with van der Waals surface area (Å²) >= 11 is 0. The Balaban J connectivity index is 4.62. The second kappa shape index (κ2) is 60.6. The molecule has 0 bridgehead atoms. The van der Waals surface area contributed by atoms with Gasteiger partial charge in [-0.1, -0.05) is 237 Å². The van der Waals surface area contributed by atoms with Gasteiger partial charge in [0.1, 0.15) is 13.2 Å². The smallest absolute Gasteiger partial charge is 0.306 e. The van der Waals surface area contributed by atoms with Crippen LogP contribution in [-0.4, -0.2) is 37.2 Å². The molecule has 6 nitrogen and oxygen atoms in total. The first-order chi connectivity index (χ1) is 36.5. The molecule has 0 radical (unpaired) electrons. The van der Waals surface area contributed by atoms with Gasteiger partial charge in [-0.15, -0.1) is 0 Å². The van der Waals surface area contributed by atoms with E-state index in [4.69, 9.17) is 14.2 Å². The highest BCUT2D eigenvalue weighted by molar-refractivity contribution is 5.71. The minimum absolute atomic E-state index is 0.133. The molecule has 0 amide bonds. The van der Waals surface area contributed by atoms with Crippen LogP contribution in [0.4, 0.5) is 0 Å². The zero-order valence-electron chi connectivity index (χ0n) is 47.3. The lowest BCUT2D eigenvalue weighted by Gasteiger charge is -2.18. The van der Waals surface area contributed by atoms with Crippen LogP contribution >= 0.6 is 0 Å². The van der Waals surface area contributed by atoms with E-state index in [1.165, 1.54) is 57.8 Å². The maximum absolute atomic E-state index is 12.8. The topological polar surface area (TPSA) is 78.9 Å². The fourth-order valence-electron chi connectivity index (χ4n) is 7.41. The van der Waals surface area contributed by atoms with Crippen LogP contribution in [0.3, 0.4) is 0 Å². The molecule has 0 saturated carbocycles. The van der Waals surface area contributed by atoms with E-state index in [1.54, 1.807) is 0 Å². The van der Waals surface area contributed by atoms with Gasteiger partial charge in [0.05, 0.1) is 0 Å². The molecule has 0 aromatic carbocycles. The lowest BCUT2D eigenvalue weighted by atomic mass is 10.1. The van der Waals surface area contributed by atoms with Gasteiger partial charge in [-0.2, -0.15) is 0 Å². The largest absolute Gasteiger partial charge is 0.462 e. The summed E-state index contributed by atoms with van der Waals surface area (Å²) in [7, 11) is 0. The maximum Gasteiger partial charge on any atom is 0.306 e. The zero-order chi connectivity index (χ0) is 53.6. The van der Waals surface area contributed by atoms with E-state index < -0.39 is 12.1 Å². The molecule has 0 aromatic heterocycles. The molecule has 6 heteroatoms. The third-order valence-electron chi connectivity index (χ3n) is 11.8. The van der Waals surface area contributed by atoms with Crippen molar-refractivity contribution in [1.29, 1.82) is 0 Å². The summed E-state index contributed by atoms with van der Waals surface area (Å²) in [4.78, 5) is 38.2. The summed E-state index contributed by atoms with van der Waals surface area (Å²) in [6.07, 6.45) is 88.2. The van der Waals surface area contributed by atoms with Crippen molar-refractivity contribution in [2.24, 2.45) is 0 Å². The summed E-state index contributed by atoms with van der Waals surface area (Å²) < 4.78 is 16.8. The van der Waals surface area contributed by atoms with E-state index in [-0.39, 0.29) is 38.0 Å². The molecule has 0 heterocycles. The normalized spacial score (nSPS) is 13.3. The lowest BCUT2D eigenvalue weighted by Crippen LogP contribution is -2.30. The molecule has 1 unspecified atom stereocenters. The number of hydrogen-bond donors (Lipinski definition) is 0. The summed E-state index contributed by atoms with van der Waals surface area (Å²) in [6, 6.07) is 0. The van der Waals surface area contributed by atoms with Gasteiger partial charge in [-0.3, -0.25) is 14.4 Å². The lowest BCUT2D eigenvalue weighted by molar-refractivity contribution is -0.166. The Hall–Kier alpha value is -4.97. The van der Waals surface area contributed by atoms with Crippen LogP contribution in [0.25, 0.3) is 0 Å². The fraction of sp³-hybridized carbons (Fsp3) is 0.574. The third-order valence-corrected chi connectivity index (χ3v) is 11.8. The van der Waals surface area contributed by atoms with Crippen molar-refractivity contribution in [2.45, 2.75) is 239 Å². The Bertz CT molecular complexity index is 1690. The molecule has 0 aliphatic heterocycles. The highest BCUT2D eigenvalue weighted by atomic mass is 16.6. The number of carbonyl (C=O) groups is 3. The van der Waals surface area contributed by atoms with E-state index in [2.05, 4.69) is 167 Å². The number of allylic oxidation sites excluding steroid dienone is 26. The quantitative estimate of drug-likeness (QED) is 0.0261. The Morgan fingerprint density at radius 3 is 0.919 bits per heavy atom. The summed E-state index contributed by atoms with van der Waals surface area (Å²) in [6.45, 7) is 6.29. The first-order valence-corrected chi connectivity index (χ1v) is 29.5. The average Bonchev–Trinajstić information content (AvgIpc) is 3.40. The molecule has 0 spiro atoms. The van der Waals surface area contributed by atoms with E-state index in [0.29, 0.717) is 19.3 Å². The number of ether oxygens (including phenoxy) is 3. The van der Waals surface area contributed by atoms with Gasteiger partial charge in [0.15, 0.2) is 6.10 Å². The van der Waals surface area contributed by atoms with Crippen molar-refractivity contribution >= 4 is 17.9 Å². The minimum atomic E-state index is -0.849. The monoisotopic (exact) mass is 1020 g/mol. The molecule has 0 aromatic rings. The van der Waals surface area contributed by atoms with Crippen molar-refractivity contribution < 1.29 is 28.6 Å². The SMILES string of the molecule is CC/C=C\C/C=C\C/C=C\C/C=C\C/C=C\C/C=C\CCCCC(=O)OCC(COC(=O)CCCCCCC/C=C\CCCCCCCCC)OC(=O)CC/C=C\C/C=C\C/C=C\C/C=C\C/C=C\C/C=C\CC. The minimum Gasteiger partial charge on any atom is -0.462 e.